The van der Waals surface area contributed by atoms with Crippen LogP contribution < -0.4 is 0 Å². The first kappa shape index (κ1) is 42.3. The van der Waals surface area contributed by atoms with Crippen LogP contribution in [0.1, 0.15) is 194 Å². The van der Waals surface area contributed by atoms with Gasteiger partial charge in [0, 0.05) is 24.8 Å². The molecule has 3 aliphatic rings. The Morgan fingerprint density at radius 1 is 0.490 bits per heavy atom. The van der Waals surface area contributed by atoms with Gasteiger partial charge in [0.2, 0.25) is 0 Å². The van der Waals surface area contributed by atoms with Crippen molar-refractivity contribution in [3.05, 3.63) is 48.6 Å². The van der Waals surface area contributed by atoms with Crippen LogP contribution >= 0.6 is 0 Å². The summed E-state index contributed by atoms with van der Waals surface area (Å²) in [6, 6.07) is 0.673. The van der Waals surface area contributed by atoms with Crippen molar-refractivity contribution >= 4 is 0 Å². The lowest BCUT2D eigenvalue weighted by Crippen LogP contribution is -2.43. The Hall–Kier alpha value is -1.16. The van der Waals surface area contributed by atoms with Crippen molar-refractivity contribution in [2.75, 3.05) is 14.1 Å². The second-order valence-electron chi connectivity index (χ2n) is 16.2. The van der Waals surface area contributed by atoms with E-state index in [1.807, 2.05) is 0 Å². The molecule has 3 fully saturated rings. The van der Waals surface area contributed by atoms with Gasteiger partial charge in [0.05, 0.1) is 12.2 Å². The van der Waals surface area contributed by atoms with E-state index in [0.717, 1.165) is 25.7 Å². The van der Waals surface area contributed by atoms with Gasteiger partial charge in [-0.15, -0.1) is 0 Å². The first-order valence-corrected chi connectivity index (χ1v) is 21.7. The van der Waals surface area contributed by atoms with Crippen LogP contribution in [0, 0.1) is 11.8 Å². The summed E-state index contributed by atoms with van der Waals surface area (Å²) in [4.78, 5) is 2.45. The third-order valence-corrected chi connectivity index (χ3v) is 11.7. The molecule has 3 nitrogen and oxygen atoms in total. The van der Waals surface area contributed by atoms with Crippen molar-refractivity contribution in [1.29, 1.82) is 0 Å². The van der Waals surface area contributed by atoms with Gasteiger partial charge in [-0.1, -0.05) is 140 Å². The Balaban J connectivity index is 1.28. The molecule has 0 amide bonds. The Morgan fingerprint density at radius 3 is 1.39 bits per heavy atom. The number of nitrogens with zero attached hydrogens (tertiary/aromatic N) is 1. The van der Waals surface area contributed by atoms with Crippen LogP contribution in [0.5, 0.6) is 0 Å². The molecule has 2 aliphatic carbocycles. The fourth-order valence-corrected chi connectivity index (χ4v) is 8.78. The van der Waals surface area contributed by atoms with Crippen molar-refractivity contribution in [2.45, 2.75) is 218 Å². The summed E-state index contributed by atoms with van der Waals surface area (Å²) in [6.45, 7) is 4.56. The second-order valence-corrected chi connectivity index (χ2v) is 16.2. The maximum Gasteiger partial charge on any atom is 0.169 e. The zero-order chi connectivity index (χ0) is 34.8. The molecule has 0 spiro atoms. The molecular weight excluding hydrogens is 599 g/mol. The quantitative estimate of drug-likeness (QED) is 0.0538. The molecule has 2 bridgehead atoms. The van der Waals surface area contributed by atoms with Gasteiger partial charge in [-0.2, -0.15) is 0 Å². The fraction of sp³-hybridized carbons (Fsp3) is 0.826. The Kier molecular flexibility index (Phi) is 22.9. The van der Waals surface area contributed by atoms with Crippen LogP contribution in [0.15, 0.2) is 48.6 Å². The van der Waals surface area contributed by atoms with Crippen LogP contribution in [0.3, 0.4) is 0 Å². The molecule has 49 heavy (non-hydrogen) atoms. The SMILES string of the molecule is CCCCC/C=C\C/C=C\CCCCCCCCC1(CCCCCC/C=C\C/C=C\CCCCCCC)O[C@@H]2[C@@H]3C[C@H]([C@@H]2O1)[C@H](N(C)C)C3. The highest BCUT2D eigenvalue weighted by Gasteiger charge is 2.62. The molecular formula is C46H81NO2. The summed E-state index contributed by atoms with van der Waals surface area (Å²) >= 11 is 0. The summed E-state index contributed by atoms with van der Waals surface area (Å²) in [5.41, 5.74) is 0. The van der Waals surface area contributed by atoms with Gasteiger partial charge in [0.25, 0.3) is 0 Å². The number of hydrogen-bond acceptors (Lipinski definition) is 3. The number of ether oxygens (including phenoxy) is 2. The van der Waals surface area contributed by atoms with Crippen LogP contribution in [0.4, 0.5) is 0 Å². The zero-order valence-corrected chi connectivity index (χ0v) is 33.1. The van der Waals surface area contributed by atoms with E-state index in [9.17, 15) is 0 Å². The van der Waals surface area contributed by atoms with Gasteiger partial charge in [-0.25, -0.2) is 0 Å². The van der Waals surface area contributed by atoms with Gasteiger partial charge in [-0.3, -0.25) is 0 Å². The Morgan fingerprint density at radius 2 is 0.898 bits per heavy atom. The number of unbranched alkanes of at least 4 members (excludes halogenated alkanes) is 18. The summed E-state index contributed by atoms with van der Waals surface area (Å²) in [5.74, 6) is 1.05. The molecule has 1 aliphatic heterocycles. The maximum atomic E-state index is 7.06. The number of rotatable bonds is 31. The normalized spacial score (nSPS) is 26.7. The largest absolute Gasteiger partial charge is 0.344 e. The maximum absolute atomic E-state index is 7.06. The smallest absolute Gasteiger partial charge is 0.169 e. The first-order valence-electron chi connectivity index (χ1n) is 21.7. The summed E-state index contributed by atoms with van der Waals surface area (Å²) in [7, 11) is 4.52. The lowest BCUT2D eigenvalue weighted by Gasteiger charge is -2.33. The molecule has 1 heterocycles. The fourth-order valence-electron chi connectivity index (χ4n) is 8.78. The standard InChI is InChI=1S/C46H81NO2/c1-5-7-9-11-13-15-17-19-21-23-25-27-29-31-33-35-37-46(48-44-41-39-42(45(44)49-46)43(40-41)47(3)4)38-36-34-32-30-28-26-24-22-20-18-16-14-12-10-8-6-2/h13,15,18-21,24,26,41-45H,5-12,14,16-17,22-23,25,27-40H2,1-4H3/b15-13-,20-18-,21-19-,26-24-/t41-,42+,43-,44-,45+,46?/m1/s1. The minimum absolute atomic E-state index is 0.315. The zero-order valence-electron chi connectivity index (χ0n) is 33.1. The van der Waals surface area contributed by atoms with E-state index in [-0.39, 0.29) is 5.79 Å². The summed E-state index contributed by atoms with van der Waals surface area (Å²) in [5, 5.41) is 0. The molecule has 0 aromatic rings. The first-order chi connectivity index (χ1) is 24.1. The summed E-state index contributed by atoms with van der Waals surface area (Å²) < 4.78 is 14.1. The van der Waals surface area contributed by atoms with Crippen LogP contribution in [0.2, 0.25) is 0 Å². The molecule has 282 valence electrons. The third kappa shape index (κ3) is 16.8. The molecule has 0 N–H and O–H groups in total. The average molecular weight is 680 g/mol. The van der Waals surface area contributed by atoms with Crippen molar-refractivity contribution in [2.24, 2.45) is 11.8 Å². The van der Waals surface area contributed by atoms with Crippen LogP contribution in [0.25, 0.3) is 0 Å². The summed E-state index contributed by atoms with van der Waals surface area (Å²) in [6.07, 6.45) is 55.6. The molecule has 2 saturated carbocycles. The van der Waals surface area contributed by atoms with Gasteiger partial charge >= 0.3 is 0 Å². The highest BCUT2D eigenvalue weighted by Crippen LogP contribution is 2.55. The highest BCUT2D eigenvalue weighted by atomic mass is 16.8. The molecule has 0 aromatic heterocycles. The monoisotopic (exact) mass is 680 g/mol. The van der Waals surface area contributed by atoms with Crippen molar-refractivity contribution in [1.82, 2.24) is 4.90 Å². The number of hydrogen-bond donors (Lipinski definition) is 0. The predicted molar refractivity (Wildman–Crippen MR) is 214 cm³/mol. The van der Waals surface area contributed by atoms with E-state index >= 15 is 0 Å². The van der Waals surface area contributed by atoms with E-state index in [4.69, 9.17) is 9.47 Å². The lowest BCUT2D eigenvalue weighted by molar-refractivity contribution is -0.196. The highest BCUT2D eigenvalue weighted by molar-refractivity contribution is 5.09. The minimum Gasteiger partial charge on any atom is -0.344 e. The van der Waals surface area contributed by atoms with E-state index in [0.29, 0.717) is 30.1 Å². The van der Waals surface area contributed by atoms with Crippen LogP contribution in [-0.4, -0.2) is 43.0 Å². The van der Waals surface area contributed by atoms with Crippen LogP contribution in [-0.2, 0) is 9.47 Å². The minimum atomic E-state index is -0.315. The Bertz CT molecular complexity index is 920. The predicted octanol–water partition coefficient (Wildman–Crippen LogP) is 13.8. The molecule has 1 saturated heterocycles. The molecule has 0 radical (unpaired) electrons. The lowest BCUT2D eigenvalue weighted by atomic mass is 9.90. The number of allylic oxidation sites excluding steroid dienone is 8. The average Bonchev–Trinajstić information content (AvgIpc) is 3.79. The molecule has 3 rings (SSSR count). The van der Waals surface area contributed by atoms with Gasteiger partial charge < -0.3 is 14.4 Å². The Labute approximate surface area is 305 Å². The van der Waals surface area contributed by atoms with E-state index in [1.54, 1.807) is 0 Å². The van der Waals surface area contributed by atoms with E-state index in [2.05, 4.69) is 81.5 Å². The van der Waals surface area contributed by atoms with E-state index in [1.165, 1.54) is 154 Å². The van der Waals surface area contributed by atoms with Crippen molar-refractivity contribution in [3.63, 3.8) is 0 Å². The molecule has 3 heteroatoms. The second kappa shape index (κ2) is 26.6. The number of fused-ring (bicyclic) bond motifs is 5. The topological polar surface area (TPSA) is 21.7 Å². The van der Waals surface area contributed by atoms with Gasteiger partial charge in [0.1, 0.15) is 0 Å². The third-order valence-electron chi connectivity index (χ3n) is 11.7. The molecule has 1 unspecified atom stereocenters. The van der Waals surface area contributed by atoms with Gasteiger partial charge in [-0.05, 0) is 110 Å². The molecule has 6 atom stereocenters. The molecule has 0 aromatic carbocycles. The van der Waals surface area contributed by atoms with Crippen molar-refractivity contribution < 1.29 is 9.47 Å². The van der Waals surface area contributed by atoms with Gasteiger partial charge in [0.15, 0.2) is 5.79 Å². The van der Waals surface area contributed by atoms with Crippen molar-refractivity contribution in [3.8, 4) is 0 Å². The van der Waals surface area contributed by atoms with E-state index < -0.39 is 0 Å².